The van der Waals surface area contributed by atoms with Crippen molar-refractivity contribution in [2.75, 3.05) is 24.6 Å². The molecule has 4 N–H and O–H groups in total. The molecule has 0 saturated heterocycles. The fourth-order valence-corrected chi connectivity index (χ4v) is 4.01. The van der Waals surface area contributed by atoms with Crippen LogP contribution in [0.5, 0.6) is 5.75 Å². The van der Waals surface area contributed by atoms with E-state index < -0.39 is 18.1 Å². The lowest BCUT2D eigenvalue weighted by Gasteiger charge is -2.20. The molecule has 0 bridgehead atoms. The smallest absolute Gasteiger partial charge is 0.258 e. The minimum absolute atomic E-state index is 0.0848. The van der Waals surface area contributed by atoms with E-state index in [4.69, 9.17) is 15.0 Å². The summed E-state index contributed by atoms with van der Waals surface area (Å²) in [5, 5.41) is 23.9. The van der Waals surface area contributed by atoms with Crippen LogP contribution in [0, 0.1) is 13.8 Å². The molecule has 10 nitrogen and oxygen atoms in total. The van der Waals surface area contributed by atoms with E-state index in [-0.39, 0.29) is 13.0 Å². The molecule has 2 atom stereocenters. The number of aromatic nitrogens is 3. The lowest BCUT2D eigenvalue weighted by molar-refractivity contribution is -0.127. The fourth-order valence-electron chi connectivity index (χ4n) is 4.01. The highest BCUT2D eigenvalue weighted by atomic mass is 16.5. The molecule has 10 heteroatoms. The third-order valence-corrected chi connectivity index (χ3v) is 5.93. The van der Waals surface area contributed by atoms with Gasteiger partial charge in [-0.2, -0.15) is 4.98 Å². The molecule has 2 heterocycles. The highest BCUT2D eigenvalue weighted by molar-refractivity contribution is 5.78. The molecule has 0 aliphatic heterocycles. The number of anilines is 1. The maximum Gasteiger partial charge on any atom is 0.258 e. The van der Waals surface area contributed by atoms with Crippen LogP contribution in [0.2, 0.25) is 0 Å². The van der Waals surface area contributed by atoms with E-state index >= 15 is 0 Å². The van der Waals surface area contributed by atoms with Crippen molar-refractivity contribution in [3.8, 4) is 28.6 Å². The van der Waals surface area contributed by atoms with Crippen LogP contribution >= 0.6 is 0 Å². The van der Waals surface area contributed by atoms with Gasteiger partial charge in [-0.3, -0.25) is 4.79 Å². The Morgan fingerprint density at radius 1 is 1.08 bits per heavy atom. The van der Waals surface area contributed by atoms with Crippen LogP contribution in [0.25, 0.3) is 22.8 Å². The highest BCUT2D eigenvalue weighted by Gasteiger charge is 2.20. The van der Waals surface area contributed by atoms with Crippen molar-refractivity contribution in [2.45, 2.75) is 59.7 Å². The Hall–Kier alpha value is -3.50. The highest BCUT2D eigenvalue weighted by Crippen LogP contribution is 2.32. The van der Waals surface area contributed by atoms with Crippen molar-refractivity contribution in [3.05, 3.63) is 41.1 Å². The van der Waals surface area contributed by atoms with Gasteiger partial charge in [-0.1, -0.05) is 12.1 Å². The van der Waals surface area contributed by atoms with Gasteiger partial charge in [0, 0.05) is 36.3 Å². The Bertz CT molecular complexity index is 1190. The number of pyridine rings is 1. The predicted octanol–water partition coefficient (Wildman–Crippen LogP) is 2.80. The van der Waals surface area contributed by atoms with E-state index in [1.165, 1.54) is 0 Å². The lowest BCUT2D eigenvalue weighted by atomic mass is 10.0. The molecule has 194 valence electrons. The topological polar surface area (TPSA) is 148 Å². The van der Waals surface area contributed by atoms with Crippen molar-refractivity contribution >= 4 is 11.7 Å². The van der Waals surface area contributed by atoms with Gasteiger partial charge in [0.05, 0.1) is 6.10 Å². The second-order valence-corrected chi connectivity index (χ2v) is 8.70. The van der Waals surface area contributed by atoms with Gasteiger partial charge in [0.2, 0.25) is 11.7 Å². The second kappa shape index (κ2) is 12.0. The van der Waals surface area contributed by atoms with Crippen molar-refractivity contribution in [3.63, 3.8) is 0 Å². The zero-order valence-corrected chi connectivity index (χ0v) is 21.5. The van der Waals surface area contributed by atoms with E-state index in [1.54, 1.807) is 0 Å². The molecule has 0 saturated carbocycles. The van der Waals surface area contributed by atoms with Gasteiger partial charge in [0.15, 0.2) is 0 Å². The van der Waals surface area contributed by atoms with Gasteiger partial charge in [-0.25, -0.2) is 4.98 Å². The van der Waals surface area contributed by atoms with Crippen molar-refractivity contribution < 1.29 is 24.3 Å². The van der Waals surface area contributed by atoms with Crippen molar-refractivity contribution in [2.24, 2.45) is 5.73 Å². The predicted molar refractivity (Wildman–Crippen MR) is 137 cm³/mol. The number of aliphatic hydroxyl groups excluding tert-OH is 2. The van der Waals surface area contributed by atoms with Crippen molar-refractivity contribution in [1.82, 2.24) is 15.1 Å². The molecule has 1 aromatic carbocycles. The number of primary amides is 1. The monoisotopic (exact) mass is 497 g/mol. The molecule has 0 aliphatic rings. The summed E-state index contributed by atoms with van der Waals surface area (Å²) in [6.45, 7) is 11.6. The van der Waals surface area contributed by atoms with Crippen LogP contribution in [0.1, 0.15) is 44.0 Å². The first-order valence-electron chi connectivity index (χ1n) is 12.2. The first-order valence-corrected chi connectivity index (χ1v) is 12.2. The zero-order chi connectivity index (χ0) is 26.4. The molecular weight excluding hydrogens is 462 g/mol. The normalized spacial score (nSPS) is 12.9. The number of amides is 1. The van der Waals surface area contributed by atoms with Gasteiger partial charge in [-0.05, 0) is 69.5 Å². The van der Waals surface area contributed by atoms with Crippen molar-refractivity contribution in [1.29, 1.82) is 0 Å². The summed E-state index contributed by atoms with van der Waals surface area (Å²) in [5.74, 6) is 1.49. The molecule has 0 radical (unpaired) electrons. The average Bonchev–Trinajstić information content (AvgIpc) is 3.33. The first-order chi connectivity index (χ1) is 17.2. The fraction of sp³-hybridized carbons (Fsp3) is 0.462. The number of nitrogens with two attached hydrogens (primary N) is 1. The van der Waals surface area contributed by atoms with Gasteiger partial charge < -0.3 is 30.1 Å². The maximum atomic E-state index is 11.0. The number of carbonyl (C=O) groups is 1. The van der Waals surface area contributed by atoms with Gasteiger partial charge >= 0.3 is 0 Å². The minimum Gasteiger partial charge on any atom is -0.490 e. The van der Waals surface area contributed by atoms with Crippen LogP contribution in [0.15, 0.2) is 28.8 Å². The summed E-state index contributed by atoms with van der Waals surface area (Å²) in [4.78, 5) is 22.5. The summed E-state index contributed by atoms with van der Waals surface area (Å²) in [7, 11) is 0. The molecule has 1 amide bonds. The average molecular weight is 498 g/mol. The molecule has 1 unspecified atom stereocenters. The van der Waals surface area contributed by atoms with E-state index in [0.29, 0.717) is 23.9 Å². The maximum absolute atomic E-state index is 11.0. The Kier molecular flexibility index (Phi) is 9.00. The summed E-state index contributed by atoms with van der Waals surface area (Å²) >= 11 is 0. The quantitative estimate of drug-likeness (QED) is 0.343. The Morgan fingerprint density at radius 2 is 1.81 bits per heavy atom. The number of rotatable bonds is 12. The van der Waals surface area contributed by atoms with Gasteiger partial charge in [0.1, 0.15) is 24.3 Å². The van der Waals surface area contributed by atoms with E-state index in [0.717, 1.165) is 46.9 Å². The van der Waals surface area contributed by atoms with Crippen LogP contribution < -0.4 is 15.4 Å². The summed E-state index contributed by atoms with van der Waals surface area (Å²) in [6, 6.07) is 7.70. The van der Waals surface area contributed by atoms with E-state index in [2.05, 4.69) is 33.9 Å². The van der Waals surface area contributed by atoms with E-state index in [1.807, 2.05) is 45.0 Å². The van der Waals surface area contributed by atoms with Crippen LogP contribution in [-0.2, 0) is 11.2 Å². The Labute approximate surface area is 211 Å². The lowest BCUT2D eigenvalue weighted by Crippen LogP contribution is -2.33. The molecule has 0 fully saturated rings. The molecule has 3 rings (SSSR count). The molecule has 0 spiro atoms. The van der Waals surface area contributed by atoms with E-state index in [9.17, 15) is 15.0 Å². The molecule has 36 heavy (non-hydrogen) atoms. The van der Waals surface area contributed by atoms with Gasteiger partial charge in [0.25, 0.3) is 5.89 Å². The molecule has 0 aliphatic carbocycles. The standard InChI is InChI=1S/C26H35N5O5/c1-6-17-11-19(9-15(4)23(17)35-14-20(32)13-21(33)24(27)34)26-29-25(30-36-26)18-10-16(5)28-22(12-18)31(7-2)8-3/h9-12,20-21,32-33H,6-8,13-14H2,1-5H3,(H2,27,34)/t20-,21?/m0/s1. The molecule has 2 aromatic heterocycles. The SMILES string of the molecule is CCc1cc(-c2nc(-c3cc(C)nc(N(CC)CC)c3)no2)cc(C)c1OC[C@@H](O)CC(O)C(N)=O. The largest absolute Gasteiger partial charge is 0.490 e. The molecular formula is C26H35N5O5. The zero-order valence-electron chi connectivity index (χ0n) is 21.5. The minimum atomic E-state index is -1.42. The van der Waals surface area contributed by atoms with Crippen LogP contribution in [0.4, 0.5) is 5.82 Å². The number of aryl methyl sites for hydroxylation is 3. The van der Waals surface area contributed by atoms with Crippen LogP contribution in [-0.4, -0.2) is 63.1 Å². The third-order valence-electron chi connectivity index (χ3n) is 5.93. The number of aliphatic hydroxyl groups is 2. The summed E-state index contributed by atoms with van der Waals surface area (Å²) < 4.78 is 11.5. The number of benzene rings is 1. The number of hydrogen-bond donors (Lipinski definition) is 3. The summed E-state index contributed by atoms with van der Waals surface area (Å²) in [6.07, 6.45) is -1.98. The Balaban J connectivity index is 1.83. The molecule has 3 aromatic rings. The number of carbonyl (C=O) groups excluding carboxylic acids is 1. The summed E-state index contributed by atoms with van der Waals surface area (Å²) in [5.41, 5.74) is 9.24. The first kappa shape index (κ1) is 27.1. The second-order valence-electron chi connectivity index (χ2n) is 8.70. The van der Waals surface area contributed by atoms with Gasteiger partial charge in [-0.15, -0.1) is 0 Å². The third kappa shape index (κ3) is 6.38. The number of hydrogen-bond acceptors (Lipinski definition) is 9. The number of nitrogens with zero attached hydrogens (tertiary/aromatic N) is 4. The Morgan fingerprint density at radius 3 is 2.44 bits per heavy atom. The number of ether oxygens (including phenoxy) is 1. The van der Waals surface area contributed by atoms with Crippen LogP contribution in [0.3, 0.4) is 0 Å².